The minimum Gasteiger partial charge on any atom is -0.492 e. The second-order valence-corrected chi connectivity index (χ2v) is 11.9. The first kappa shape index (κ1) is 37.0. The summed E-state index contributed by atoms with van der Waals surface area (Å²) in [5, 5.41) is 20.2. The summed E-state index contributed by atoms with van der Waals surface area (Å²) in [6.45, 7) is 0.624. The van der Waals surface area contributed by atoms with Crippen molar-refractivity contribution < 1.29 is 51.7 Å². The standard InChI is InChI=1S/C33H40F3N5O8/c1-21-28(44)37-15-18-48-23-7-9-24(10-8-23)49-32(13-16-41(17-14-32)27(43)11-12-33(34,35)36)31(47)40-25(19-22-5-3-2-4-6-22)29(45)39-26(20-42)30(46)38-21/h2-10,21,25-26,42H,11-20H2,1H3,(H,37,44)(H,38,46)(H,39,45)(H,40,47)/t21-,25+,26-/m0/s1. The molecule has 1 spiro atoms. The zero-order valence-corrected chi connectivity index (χ0v) is 26.9. The van der Waals surface area contributed by atoms with Crippen LogP contribution in [0.5, 0.6) is 11.5 Å². The molecule has 266 valence electrons. The maximum Gasteiger partial charge on any atom is 0.389 e. The normalized spacial score (nSPS) is 22.6. The van der Waals surface area contributed by atoms with Gasteiger partial charge in [0.25, 0.3) is 5.91 Å². The molecule has 2 aromatic carbocycles. The molecule has 3 aliphatic heterocycles. The number of ether oxygens (including phenoxy) is 2. The van der Waals surface area contributed by atoms with Gasteiger partial charge in [-0.3, -0.25) is 24.0 Å². The summed E-state index contributed by atoms with van der Waals surface area (Å²) < 4.78 is 50.3. The van der Waals surface area contributed by atoms with Crippen molar-refractivity contribution in [1.29, 1.82) is 0 Å². The fraction of sp³-hybridized carbons (Fsp3) is 0.485. The summed E-state index contributed by atoms with van der Waals surface area (Å²) in [6.07, 6.45) is -6.73. The number of likely N-dealkylation sites (tertiary alicyclic amines) is 1. The minimum atomic E-state index is -4.50. The molecule has 0 radical (unpaired) electrons. The van der Waals surface area contributed by atoms with Crippen LogP contribution in [0.2, 0.25) is 0 Å². The van der Waals surface area contributed by atoms with Crippen molar-refractivity contribution in [2.24, 2.45) is 0 Å². The highest BCUT2D eigenvalue weighted by Gasteiger charge is 2.46. The van der Waals surface area contributed by atoms with Gasteiger partial charge in [-0.05, 0) is 36.8 Å². The second kappa shape index (κ2) is 16.5. The molecule has 1 fully saturated rings. The highest BCUT2D eigenvalue weighted by Crippen LogP contribution is 2.32. The number of fused-ring (bicyclic) bond motifs is 15. The molecule has 13 nitrogen and oxygen atoms in total. The van der Waals surface area contributed by atoms with Gasteiger partial charge in [-0.15, -0.1) is 0 Å². The van der Waals surface area contributed by atoms with Gasteiger partial charge >= 0.3 is 6.18 Å². The molecule has 0 aliphatic carbocycles. The van der Waals surface area contributed by atoms with Crippen LogP contribution in [0, 0.1) is 0 Å². The van der Waals surface area contributed by atoms with Crippen molar-refractivity contribution in [3.63, 3.8) is 0 Å². The average Bonchev–Trinajstić information content (AvgIpc) is 3.08. The van der Waals surface area contributed by atoms with E-state index in [2.05, 4.69) is 21.3 Å². The molecule has 5 rings (SSSR count). The van der Waals surface area contributed by atoms with Gasteiger partial charge in [0.2, 0.25) is 23.6 Å². The Hall–Kier alpha value is -4.86. The molecule has 3 atom stereocenters. The van der Waals surface area contributed by atoms with Gasteiger partial charge in [-0.2, -0.15) is 13.2 Å². The number of nitrogens with zero attached hydrogens (tertiary/aromatic N) is 1. The van der Waals surface area contributed by atoms with Crippen molar-refractivity contribution in [3.8, 4) is 11.5 Å². The lowest BCUT2D eigenvalue weighted by atomic mass is 9.88. The lowest BCUT2D eigenvalue weighted by Gasteiger charge is -2.41. The molecule has 49 heavy (non-hydrogen) atoms. The van der Waals surface area contributed by atoms with Gasteiger partial charge in [0, 0.05) is 38.8 Å². The Balaban J connectivity index is 1.64. The summed E-state index contributed by atoms with van der Waals surface area (Å²) >= 11 is 0. The van der Waals surface area contributed by atoms with Crippen molar-refractivity contribution in [1.82, 2.24) is 26.2 Å². The topological polar surface area (TPSA) is 175 Å². The number of piperidine rings is 1. The third-order valence-corrected chi connectivity index (χ3v) is 8.24. The number of aliphatic hydroxyl groups is 1. The van der Waals surface area contributed by atoms with Gasteiger partial charge in [-0.25, -0.2) is 0 Å². The zero-order chi connectivity index (χ0) is 35.6. The lowest BCUT2D eigenvalue weighted by molar-refractivity contribution is -0.154. The smallest absolute Gasteiger partial charge is 0.389 e. The van der Waals surface area contributed by atoms with Gasteiger partial charge in [0.1, 0.15) is 36.2 Å². The Bertz CT molecular complexity index is 1470. The van der Waals surface area contributed by atoms with Crippen LogP contribution in [0.4, 0.5) is 13.2 Å². The molecule has 5 amide bonds. The van der Waals surface area contributed by atoms with Gasteiger partial charge in [-0.1, -0.05) is 30.3 Å². The van der Waals surface area contributed by atoms with Crippen LogP contribution in [-0.2, 0) is 30.4 Å². The molecule has 1 saturated heterocycles. The Labute approximate surface area is 280 Å². The number of aliphatic hydroxyl groups excluding tert-OH is 1. The molecule has 2 bridgehead atoms. The number of carbonyl (C=O) groups is 5. The summed E-state index contributed by atoms with van der Waals surface area (Å²) in [5.41, 5.74) is -0.990. The number of nitrogens with one attached hydrogen (secondary N) is 4. The minimum absolute atomic E-state index is 0.0266. The van der Waals surface area contributed by atoms with E-state index in [9.17, 15) is 42.3 Å². The van der Waals surface area contributed by atoms with Crippen molar-refractivity contribution in [2.45, 2.75) is 68.9 Å². The second-order valence-electron chi connectivity index (χ2n) is 11.9. The Morgan fingerprint density at radius 1 is 0.898 bits per heavy atom. The molecular formula is C33H40F3N5O8. The van der Waals surface area contributed by atoms with Crippen molar-refractivity contribution in [2.75, 3.05) is 32.8 Å². The molecule has 5 N–H and O–H groups in total. The molecule has 16 heteroatoms. The Kier molecular flexibility index (Phi) is 12.4. The van der Waals surface area contributed by atoms with Crippen molar-refractivity contribution >= 4 is 29.5 Å². The number of carbonyl (C=O) groups excluding carboxylic acids is 5. The first-order valence-electron chi connectivity index (χ1n) is 15.9. The third-order valence-electron chi connectivity index (χ3n) is 8.24. The van der Waals surface area contributed by atoms with E-state index in [1.165, 1.54) is 11.8 Å². The van der Waals surface area contributed by atoms with Crippen LogP contribution in [0.25, 0.3) is 0 Å². The molecular weight excluding hydrogens is 651 g/mol. The monoisotopic (exact) mass is 691 g/mol. The lowest BCUT2D eigenvalue weighted by Crippen LogP contribution is -2.62. The molecule has 3 aliphatic rings. The van der Waals surface area contributed by atoms with Crippen LogP contribution >= 0.6 is 0 Å². The number of alkyl halides is 3. The maximum atomic E-state index is 14.2. The van der Waals surface area contributed by atoms with E-state index in [0.29, 0.717) is 11.3 Å². The van der Waals surface area contributed by atoms with Gasteiger partial charge in [0.15, 0.2) is 5.60 Å². The van der Waals surface area contributed by atoms with E-state index in [0.717, 1.165) is 0 Å². The number of benzene rings is 2. The predicted molar refractivity (Wildman–Crippen MR) is 168 cm³/mol. The summed E-state index contributed by atoms with van der Waals surface area (Å²) in [6, 6.07) is 11.2. The predicted octanol–water partition coefficient (Wildman–Crippen LogP) is 0.987. The van der Waals surface area contributed by atoms with Crippen LogP contribution < -0.4 is 30.7 Å². The van der Waals surface area contributed by atoms with Crippen LogP contribution in [-0.4, -0.2) is 102 Å². The van der Waals surface area contributed by atoms with Gasteiger partial charge in [0.05, 0.1) is 19.6 Å². The molecule has 2 aromatic rings. The highest BCUT2D eigenvalue weighted by molar-refractivity contribution is 5.95. The average molecular weight is 692 g/mol. The third kappa shape index (κ3) is 10.6. The quantitative estimate of drug-likeness (QED) is 0.289. The Morgan fingerprint density at radius 3 is 2.16 bits per heavy atom. The fourth-order valence-electron chi connectivity index (χ4n) is 5.42. The number of hydrogen-bond donors (Lipinski definition) is 5. The number of halogens is 3. The van der Waals surface area contributed by atoms with E-state index in [4.69, 9.17) is 9.47 Å². The fourth-order valence-corrected chi connectivity index (χ4v) is 5.42. The van der Waals surface area contributed by atoms with E-state index in [-0.39, 0.29) is 51.3 Å². The summed E-state index contributed by atoms with van der Waals surface area (Å²) in [4.78, 5) is 67.2. The van der Waals surface area contributed by atoms with Crippen LogP contribution in [0.15, 0.2) is 54.6 Å². The summed E-state index contributed by atoms with van der Waals surface area (Å²) in [5.74, 6) is -2.93. The number of amides is 5. The molecule has 3 heterocycles. The van der Waals surface area contributed by atoms with E-state index < -0.39 is 78.9 Å². The maximum absolute atomic E-state index is 14.2. The van der Waals surface area contributed by atoms with Crippen LogP contribution in [0.1, 0.15) is 38.2 Å². The summed E-state index contributed by atoms with van der Waals surface area (Å²) in [7, 11) is 0. The number of rotatable bonds is 5. The van der Waals surface area contributed by atoms with E-state index in [1.807, 2.05) is 0 Å². The Morgan fingerprint density at radius 2 is 1.53 bits per heavy atom. The molecule has 0 unspecified atom stereocenters. The highest BCUT2D eigenvalue weighted by atomic mass is 19.4. The molecule has 0 saturated carbocycles. The van der Waals surface area contributed by atoms with Gasteiger partial charge < -0.3 is 40.7 Å². The largest absolute Gasteiger partial charge is 0.492 e. The first-order valence-corrected chi connectivity index (χ1v) is 15.9. The van der Waals surface area contributed by atoms with Crippen molar-refractivity contribution in [3.05, 3.63) is 60.2 Å². The molecule has 0 aromatic heterocycles. The van der Waals surface area contributed by atoms with E-state index in [1.54, 1.807) is 54.6 Å². The first-order chi connectivity index (χ1) is 23.3. The van der Waals surface area contributed by atoms with Crippen LogP contribution in [0.3, 0.4) is 0 Å². The number of hydrogen-bond acceptors (Lipinski definition) is 8. The SMILES string of the molecule is C[C@@H]1NC(=O)[C@H](CO)NC(=O)[C@@H](Cc2ccccc2)NC(=O)C2(CCN(C(=O)CCC(F)(F)F)CC2)Oc2ccc(cc2)OCCNC1=O. The zero-order valence-electron chi connectivity index (χ0n) is 26.9. The van der Waals surface area contributed by atoms with E-state index >= 15 is 0 Å².